The molecule has 1 aromatic carbocycles. The summed E-state index contributed by atoms with van der Waals surface area (Å²) in [5.41, 5.74) is -0.630. The molecule has 3 N–H and O–H groups in total. The first-order chi connectivity index (χ1) is 8.32. The maximum absolute atomic E-state index is 13.3. The molecular formula is C10H8ClF2NO4. The van der Waals surface area contributed by atoms with Gasteiger partial charge in [-0.15, -0.1) is 0 Å². The van der Waals surface area contributed by atoms with E-state index < -0.39 is 46.7 Å². The van der Waals surface area contributed by atoms with Crippen molar-refractivity contribution < 1.29 is 28.6 Å². The molecule has 0 saturated carbocycles. The number of benzene rings is 1. The zero-order valence-electron chi connectivity index (χ0n) is 8.78. The van der Waals surface area contributed by atoms with Crippen molar-refractivity contribution >= 4 is 23.5 Å². The highest BCUT2D eigenvalue weighted by Crippen LogP contribution is 2.19. The van der Waals surface area contributed by atoms with E-state index in [9.17, 15) is 18.4 Å². The minimum atomic E-state index is -1.82. The Morgan fingerprint density at radius 2 is 1.94 bits per heavy atom. The highest BCUT2D eigenvalue weighted by molar-refractivity contribution is 6.30. The fraction of sp³-hybridized carbons (Fsp3) is 0.200. The van der Waals surface area contributed by atoms with E-state index in [0.29, 0.717) is 12.1 Å². The third kappa shape index (κ3) is 3.38. The van der Waals surface area contributed by atoms with E-state index in [0.717, 1.165) is 0 Å². The van der Waals surface area contributed by atoms with Gasteiger partial charge in [0.1, 0.15) is 11.6 Å². The standard InChI is InChI=1S/C10H8ClF2NO4/c11-5-2-6(12)4(1-7(5)13)9(16)14-3-8(15)10(17)18/h1-2,8,15H,3H2,(H,14,16)(H,17,18). The molecular weight excluding hydrogens is 272 g/mol. The Kier molecular flexibility index (Phi) is 4.57. The molecule has 0 bridgehead atoms. The van der Waals surface area contributed by atoms with Gasteiger partial charge in [0.2, 0.25) is 0 Å². The van der Waals surface area contributed by atoms with Gasteiger partial charge in [-0.25, -0.2) is 13.6 Å². The number of amides is 1. The first-order valence-electron chi connectivity index (χ1n) is 4.66. The van der Waals surface area contributed by atoms with Gasteiger partial charge in [0.15, 0.2) is 6.10 Å². The lowest BCUT2D eigenvalue weighted by atomic mass is 10.2. The number of aliphatic hydroxyl groups excluding tert-OH is 1. The van der Waals surface area contributed by atoms with Crippen LogP contribution in [0, 0.1) is 11.6 Å². The molecule has 0 heterocycles. The molecule has 5 nitrogen and oxygen atoms in total. The zero-order valence-corrected chi connectivity index (χ0v) is 9.54. The van der Waals surface area contributed by atoms with E-state index in [1.165, 1.54) is 0 Å². The van der Waals surface area contributed by atoms with Crippen LogP contribution in [0.25, 0.3) is 0 Å². The highest BCUT2D eigenvalue weighted by atomic mass is 35.5. The van der Waals surface area contributed by atoms with Crippen molar-refractivity contribution in [2.45, 2.75) is 6.10 Å². The van der Waals surface area contributed by atoms with Crippen molar-refractivity contribution in [3.8, 4) is 0 Å². The van der Waals surface area contributed by atoms with Crippen LogP contribution in [0.3, 0.4) is 0 Å². The smallest absolute Gasteiger partial charge is 0.334 e. The third-order valence-electron chi connectivity index (χ3n) is 2.00. The number of carbonyl (C=O) groups excluding carboxylic acids is 1. The van der Waals surface area contributed by atoms with Crippen LogP contribution in [0.4, 0.5) is 8.78 Å². The predicted octanol–water partition coefficient (Wildman–Crippen LogP) is 0.794. The van der Waals surface area contributed by atoms with Crippen LogP contribution in [0.1, 0.15) is 10.4 Å². The summed E-state index contributed by atoms with van der Waals surface area (Å²) in [5, 5.41) is 18.7. The largest absolute Gasteiger partial charge is 0.479 e. The molecule has 0 radical (unpaired) electrons. The number of nitrogens with one attached hydrogen (secondary N) is 1. The number of carbonyl (C=O) groups is 2. The first-order valence-corrected chi connectivity index (χ1v) is 5.04. The Labute approximate surface area is 105 Å². The average molecular weight is 280 g/mol. The van der Waals surface area contributed by atoms with Crippen LogP contribution in [-0.2, 0) is 4.79 Å². The highest BCUT2D eigenvalue weighted by Gasteiger charge is 2.18. The zero-order chi connectivity index (χ0) is 13.9. The lowest BCUT2D eigenvalue weighted by Gasteiger charge is -2.08. The van der Waals surface area contributed by atoms with E-state index in [-0.39, 0.29) is 0 Å². The summed E-state index contributed by atoms with van der Waals surface area (Å²) in [6.45, 7) is -0.627. The van der Waals surface area contributed by atoms with Crippen LogP contribution in [0.2, 0.25) is 5.02 Å². The minimum absolute atomic E-state index is 0.477. The molecule has 0 saturated heterocycles. The van der Waals surface area contributed by atoms with Gasteiger partial charge in [0.25, 0.3) is 5.91 Å². The summed E-state index contributed by atoms with van der Waals surface area (Å²) in [5.74, 6) is -4.63. The van der Waals surface area contributed by atoms with Gasteiger partial charge in [0, 0.05) is 0 Å². The van der Waals surface area contributed by atoms with Crippen molar-refractivity contribution in [1.82, 2.24) is 5.32 Å². The minimum Gasteiger partial charge on any atom is -0.479 e. The summed E-state index contributed by atoms with van der Waals surface area (Å²) in [6.07, 6.45) is -1.82. The molecule has 1 rings (SSSR count). The quantitative estimate of drug-likeness (QED) is 0.711. The Morgan fingerprint density at radius 3 is 2.50 bits per heavy atom. The summed E-state index contributed by atoms with van der Waals surface area (Å²) in [7, 11) is 0. The molecule has 8 heteroatoms. The Morgan fingerprint density at radius 1 is 1.33 bits per heavy atom. The van der Waals surface area contributed by atoms with E-state index in [2.05, 4.69) is 0 Å². The van der Waals surface area contributed by atoms with Crippen LogP contribution in [-0.4, -0.2) is 34.7 Å². The lowest BCUT2D eigenvalue weighted by molar-refractivity contribution is -0.146. The average Bonchev–Trinajstić information content (AvgIpc) is 2.30. The van der Waals surface area contributed by atoms with Crippen LogP contribution in [0.15, 0.2) is 12.1 Å². The van der Waals surface area contributed by atoms with Gasteiger partial charge in [-0.2, -0.15) is 0 Å². The fourth-order valence-corrected chi connectivity index (χ4v) is 1.22. The van der Waals surface area contributed by atoms with E-state index in [4.69, 9.17) is 21.8 Å². The molecule has 1 amide bonds. The van der Waals surface area contributed by atoms with Gasteiger partial charge in [-0.05, 0) is 12.1 Å². The van der Waals surface area contributed by atoms with E-state index in [1.54, 1.807) is 0 Å². The normalized spacial score (nSPS) is 12.0. The number of carboxylic acids is 1. The maximum atomic E-state index is 13.3. The molecule has 0 fully saturated rings. The molecule has 0 aliphatic rings. The monoisotopic (exact) mass is 279 g/mol. The maximum Gasteiger partial charge on any atom is 0.334 e. The third-order valence-corrected chi connectivity index (χ3v) is 2.29. The Balaban J connectivity index is 2.79. The lowest BCUT2D eigenvalue weighted by Crippen LogP contribution is -2.36. The topological polar surface area (TPSA) is 86.6 Å². The number of rotatable bonds is 4. The molecule has 98 valence electrons. The predicted molar refractivity (Wildman–Crippen MR) is 57.3 cm³/mol. The Bertz CT molecular complexity index is 495. The van der Waals surface area contributed by atoms with Crippen molar-refractivity contribution in [3.05, 3.63) is 34.4 Å². The molecule has 0 aliphatic heterocycles. The second kappa shape index (κ2) is 5.74. The van der Waals surface area contributed by atoms with Crippen LogP contribution >= 0.6 is 11.6 Å². The molecule has 18 heavy (non-hydrogen) atoms. The summed E-state index contributed by atoms with van der Waals surface area (Å²) >= 11 is 5.30. The van der Waals surface area contributed by atoms with Crippen molar-refractivity contribution in [3.63, 3.8) is 0 Å². The first kappa shape index (κ1) is 14.3. The summed E-state index contributed by atoms with van der Waals surface area (Å²) in [4.78, 5) is 21.7. The summed E-state index contributed by atoms with van der Waals surface area (Å²) < 4.78 is 26.3. The van der Waals surface area contributed by atoms with Gasteiger partial charge in [-0.1, -0.05) is 11.6 Å². The molecule has 1 atom stereocenters. The second-order valence-electron chi connectivity index (χ2n) is 3.31. The number of carboxylic acid groups (broad SMARTS) is 1. The molecule has 1 unspecified atom stereocenters. The number of halogens is 3. The van der Waals surface area contributed by atoms with Crippen molar-refractivity contribution in [2.75, 3.05) is 6.54 Å². The van der Waals surface area contributed by atoms with Gasteiger partial charge in [0.05, 0.1) is 17.1 Å². The van der Waals surface area contributed by atoms with E-state index in [1.807, 2.05) is 5.32 Å². The summed E-state index contributed by atoms with van der Waals surface area (Å²) in [6, 6.07) is 1.21. The van der Waals surface area contributed by atoms with E-state index >= 15 is 0 Å². The van der Waals surface area contributed by atoms with Crippen molar-refractivity contribution in [2.24, 2.45) is 0 Å². The molecule has 0 aromatic heterocycles. The Hall–Kier alpha value is -1.73. The van der Waals surface area contributed by atoms with Crippen LogP contribution < -0.4 is 5.32 Å². The fourth-order valence-electron chi connectivity index (χ4n) is 1.07. The molecule has 0 aliphatic carbocycles. The molecule has 1 aromatic rings. The number of hydrogen-bond donors (Lipinski definition) is 3. The van der Waals surface area contributed by atoms with Gasteiger partial charge < -0.3 is 15.5 Å². The van der Waals surface area contributed by atoms with Crippen LogP contribution in [0.5, 0.6) is 0 Å². The molecule has 0 spiro atoms. The SMILES string of the molecule is O=C(NCC(O)C(=O)O)c1cc(F)c(Cl)cc1F. The van der Waals surface area contributed by atoms with Crippen molar-refractivity contribution in [1.29, 1.82) is 0 Å². The number of aliphatic hydroxyl groups is 1. The second-order valence-corrected chi connectivity index (χ2v) is 3.72. The number of hydrogen-bond acceptors (Lipinski definition) is 3. The van der Waals surface area contributed by atoms with Gasteiger partial charge >= 0.3 is 5.97 Å². The number of aliphatic carboxylic acids is 1. The van der Waals surface area contributed by atoms with Gasteiger partial charge in [-0.3, -0.25) is 4.79 Å².